The Morgan fingerprint density at radius 1 is 1.39 bits per heavy atom. The Bertz CT molecular complexity index is 399. The van der Waals surface area contributed by atoms with Crippen LogP contribution in [0.4, 0.5) is 8.78 Å². The van der Waals surface area contributed by atoms with E-state index in [1.807, 2.05) is 0 Å². The van der Waals surface area contributed by atoms with Crippen molar-refractivity contribution in [1.29, 1.82) is 0 Å². The van der Waals surface area contributed by atoms with Gasteiger partial charge in [0.05, 0.1) is 6.61 Å². The summed E-state index contributed by atoms with van der Waals surface area (Å²) in [6.07, 6.45) is 3.08. The minimum absolute atomic E-state index is 0.0571. The van der Waals surface area contributed by atoms with E-state index in [-0.39, 0.29) is 12.6 Å². The van der Waals surface area contributed by atoms with Gasteiger partial charge in [-0.1, -0.05) is 0 Å². The van der Waals surface area contributed by atoms with Crippen molar-refractivity contribution in [1.82, 2.24) is 5.32 Å². The fourth-order valence-corrected chi connectivity index (χ4v) is 2.73. The first-order valence-electron chi connectivity index (χ1n) is 6.14. The van der Waals surface area contributed by atoms with E-state index in [0.717, 1.165) is 18.6 Å². The average Bonchev–Trinajstić information content (AvgIpc) is 3.16. The number of halogens is 2. The van der Waals surface area contributed by atoms with Gasteiger partial charge in [0.1, 0.15) is 11.6 Å². The van der Waals surface area contributed by atoms with E-state index in [1.54, 1.807) is 0 Å². The normalized spacial score (nSPS) is 16.8. The number of aliphatic hydroxyl groups excluding tert-OH is 1. The van der Waals surface area contributed by atoms with E-state index >= 15 is 0 Å². The number of aliphatic hydroxyl groups is 1. The maximum Gasteiger partial charge on any atom is 0.136 e. The van der Waals surface area contributed by atoms with Crippen LogP contribution in [0, 0.1) is 11.6 Å². The number of hydrogen-bond donors (Lipinski definition) is 2. The second-order valence-electron chi connectivity index (χ2n) is 4.53. The van der Waals surface area contributed by atoms with Crippen LogP contribution in [0.2, 0.25) is 0 Å². The molecule has 5 heteroatoms. The summed E-state index contributed by atoms with van der Waals surface area (Å²) in [7, 11) is 0. The molecule has 0 spiro atoms. The monoisotopic (exact) mass is 273 g/mol. The molecule has 0 aromatic heterocycles. The average molecular weight is 273 g/mol. The maximum atomic E-state index is 13.3. The van der Waals surface area contributed by atoms with Crippen LogP contribution in [0.15, 0.2) is 23.1 Å². The van der Waals surface area contributed by atoms with E-state index in [1.165, 1.54) is 30.7 Å². The largest absolute Gasteiger partial charge is 0.395 e. The van der Waals surface area contributed by atoms with Crippen molar-refractivity contribution in [2.45, 2.75) is 36.2 Å². The lowest BCUT2D eigenvalue weighted by molar-refractivity contribution is 0.239. The molecular formula is C13H17F2NOS. The minimum Gasteiger partial charge on any atom is -0.395 e. The van der Waals surface area contributed by atoms with E-state index in [4.69, 9.17) is 0 Å². The highest BCUT2D eigenvalue weighted by atomic mass is 32.2. The number of thioether (sulfide) groups is 1. The van der Waals surface area contributed by atoms with Crippen molar-refractivity contribution in [2.75, 3.05) is 12.4 Å². The highest BCUT2D eigenvalue weighted by Gasteiger charge is 2.23. The van der Waals surface area contributed by atoms with Crippen LogP contribution in [0.1, 0.15) is 19.3 Å². The molecule has 0 bridgehead atoms. The Kier molecular flexibility index (Phi) is 4.97. The molecule has 0 heterocycles. The molecule has 0 radical (unpaired) electrons. The summed E-state index contributed by atoms with van der Waals surface area (Å²) in [5, 5.41) is 12.5. The fraction of sp³-hybridized carbons (Fsp3) is 0.538. The molecular weight excluding hydrogens is 256 g/mol. The molecule has 2 rings (SSSR count). The third-order valence-electron chi connectivity index (χ3n) is 2.89. The second-order valence-corrected chi connectivity index (χ2v) is 5.67. The standard InChI is InChI=1S/C13H17F2NOS/c14-9-1-4-12(15)13(7-9)18-6-5-11(8-17)16-10-2-3-10/h1,4,7,10-11,16-17H,2-3,5-6,8H2. The van der Waals surface area contributed by atoms with Crippen molar-refractivity contribution in [3.05, 3.63) is 29.8 Å². The zero-order valence-corrected chi connectivity index (χ0v) is 10.9. The first-order valence-corrected chi connectivity index (χ1v) is 7.12. The number of nitrogens with one attached hydrogen (secondary N) is 1. The van der Waals surface area contributed by atoms with Crippen molar-refractivity contribution in [3.63, 3.8) is 0 Å². The Morgan fingerprint density at radius 3 is 2.83 bits per heavy atom. The van der Waals surface area contributed by atoms with Crippen LogP contribution in [0.25, 0.3) is 0 Å². The maximum absolute atomic E-state index is 13.3. The third-order valence-corrected chi connectivity index (χ3v) is 3.95. The topological polar surface area (TPSA) is 32.3 Å². The van der Waals surface area contributed by atoms with Gasteiger partial charge in [-0.2, -0.15) is 0 Å². The zero-order chi connectivity index (χ0) is 13.0. The highest BCUT2D eigenvalue weighted by molar-refractivity contribution is 7.99. The van der Waals surface area contributed by atoms with E-state index < -0.39 is 11.6 Å². The molecule has 1 aliphatic rings. The molecule has 1 saturated carbocycles. The molecule has 100 valence electrons. The van der Waals surface area contributed by atoms with Gasteiger partial charge in [-0.3, -0.25) is 0 Å². The van der Waals surface area contributed by atoms with Gasteiger partial charge in [0.15, 0.2) is 0 Å². The molecule has 1 unspecified atom stereocenters. The minimum atomic E-state index is -0.422. The molecule has 1 aliphatic carbocycles. The summed E-state index contributed by atoms with van der Waals surface area (Å²) in [5.41, 5.74) is 0. The molecule has 1 aromatic rings. The van der Waals surface area contributed by atoms with Crippen molar-refractivity contribution in [2.24, 2.45) is 0 Å². The lowest BCUT2D eigenvalue weighted by Gasteiger charge is -2.15. The van der Waals surface area contributed by atoms with Crippen LogP contribution < -0.4 is 5.32 Å². The summed E-state index contributed by atoms with van der Waals surface area (Å²) >= 11 is 1.29. The van der Waals surface area contributed by atoms with E-state index in [9.17, 15) is 13.9 Å². The highest BCUT2D eigenvalue weighted by Crippen LogP contribution is 2.24. The second kappa shape index (κ2) is 6.50. The van der Waals surface area contributed by atoms with Crippen LogP contribution >= 0.6 is 11.8 Å². The number of rotatable bonds is 7. The Morgan fingerprint density at radius 2 is 2.17 bits per heavy atom. The quantitative estimate of drug-likeness (QED) is 0.749. The predicted molar refractivity (Wildman–Crippen MR) is 68.7 cm³/mol. The van der Waals surface area contributed by atoms with Crippen molar-refractivity contribution < 1.29 is 13.9 Å². The third kappa shape index (κ3) is 4.23. The summed E-state index contributed by atoms with van der Waals surface area (Å²) in [4.78, 5) is 0.332. The van der Waals surface area contributed by atoms with Gasteiger partial charge in [0.25, 0.3) is 0 Å². The van der Waals surface area contributed by atoms with Crippen LogP contribution in [0.3, 0.4) is 0 Å². The predicted octanol–water partition coefficient (Wildman–Crippen LogP) is 2.56. The van der Waals surface area contributed by atoms with E-state index in [2.05, 4.69) is 5.32 Å². The van der Waals surface area contributed by atoms with Gasteiger partial charge < -0.3 is 10.4 Å². The zero-order valence-electron chi connectivity index (χ0n) is 10.0. The Balaban J connectivity index is 1.77. The van der Waals surface area contributed by atoms with Gasteiger partial charge in [0.2, 0.25) is 0 Å². The van der Waals surface area contributed by atoms with Gasteiger partial charge in [-0.05, 0) is 43.2 Å². The number of hydrogen-bond acceptors (Lipinski definition) is 3. The molecule has 2 nitrogen and oxygen atoms in total. The lowest BCUT2D eigenvalue weighted by atomic mass is 10.2. The first kappa shape index (κ1) is 13.8. The molecule has 1 atom stereocenters. The molecule has 0 saturated heterocycles. The lowest BCUT2D eigenvalue weighted by Crippen LogP contribution is -2.34. The van der Waals surface area contributed by atoms with Crippen molar-refractivity contribution >= 4 is 11.8 Å². The summed E-state index contributed by atoms with van der Waals surface area (Å²) in [5.74, 6) is -0.156. The Labute approximate surface area is 110 Å². The van der Waals surface area contributed by atoms with Crippen LogP contribution in [0.5, 0.6) is 0 Å². The van der Waals surface area contributed by atoms with E-state index in [0.29, 0.717) is 16.7 Å². The van der Waals surface area contributed by atoms with Gasteiger partial charge in [0, 0.05) is 17.0 Å². The molecule has 0 amide bonds. The Hall–Kier alpha value is -0.650. The summed E-state index contributed by atoms with van der Waals surface area (Å²) in [6.45, 7) is 0.0860. The molecule has 1 aromatic carbocycles. The van der Waals surface area contributed by atoms with Crippen LogP contribution in [-0.4, -0.2) is 29.5 Å². The molecule has 1 fully saturated rings. The van der Waals surface area contributed by atoms with Gasteiger partial charge in [-0.15, -0.1) is 11.8 Å². The summed E-state index contributed by atoms with van der Waals surface area (Å²) < 4.78 is 26.3. The van der Waals surface area contributed by atoms with Gasteiger partial charge in [-0.25, -0.2) is 8.78 Å². The van der Waals surface area contributed by atoms with Crippen LogP contribution in [-0.2, 0) is 0 Å². The molecule has 0 aliphatic heterocycles. The molecule has 18 heavy (non-hydrogen) atoms. The fourth-order valence-electron chi connectivity index (χ4n) is 1.71. The SMILES string of the molecule is OCC(CCSc1cc(F)ccc1F)NC1CC1. The smallest absolute Gasteiger partial charge is 0.136 e. The molecule has 2 N–H and O–H groups in total. The van der Waals surface area contributed by atoms with Crippen molar-refractivity contribution in [3.8, 4) is 0 Å². The first-order chi connectivity index (χ1) is 8.69. The number of benzene rings is 1. The van der Waals surface area contributed by atoms with Gasteiger partial charge >= 0.3 is 0 Å². The summed E-state index contributed by atoms with van der Waals surface area (Å²) in [6, 6.07) is 4.07.